The summed E-state index contributed by atoms with van der Waals surface area (Å²) < 4.78 is 0. The molecular formula is C29H46N4O. The van der Waals surface area contributed by atoms with Gasteiger partial charge in [0.05, 0.1) is 17.6 Å². The van der Waals surface area contributed by atoms with Gasteiger partial charge in [0.25, 0.3) is 0 Å². The average molecular weight is 467 g/mol. The van der Waals surface area contributed by atoms with Crippen LogP contribution in [-0.2, 0) is 11.2 Å². The van der Waals surface area contributed by atoms with E-state index < -0.39 is 0 Å². The number of amides is 1. The molecule has 1 amide bonds. The van der Waals surface area contributed by atoms with Crippen molar-refractivity contribution in [3.63, 3.8) is 0 Å². The number of allylic oxidation sites excluding steroid dienone is 2. The Hall–Kier alpha value is -2.04. The highest BCUT2D eigenvalue weighted by molar-refractivity contribution is 5.74. The Kier molecular flexibility index (Phi) is 8.36. The van der Waals surface area contributed by atoms with Crippen molar-refractivity contribution in [3.8, 4) is 0 Å². The molecule has 0 radical (unpaired) electrons. The smallest absolute Gasteiger partial charge is 0.219 e. The number of likely N-dealkylation sites (tertiary alicyclic amines) is 1. The van der Waals surface area contributed by atoms with Crippen LogP contribution in [0.4, 0.5) is 0 Å². The van der Waals surface area contributed by atoms with Gasteiger partial charge in [0.1, 0.15) is 0 Å². The Morgan fingerprint density at radius 1 is 1.18 bits per heavy atom. The molecule has 0 N–H and O–H groups in total. The second-order valence-corrected chi connectivity index (χ2v) is 10.8. The minimum absolute atomic E-state index is 0.226. The molecule has 3 aliphatic carbocycles. The Bertz CT molecular complexity index is 911. The van der Waals surface area contributed by atoms with Crippen LogP contribution >= 0.6 is 0 Å². The summed E-state index contributed by atoms with van der Waals surface area (Å²) >= 11 is 0. The van der Waals surface area contributed by atoms with Gasteiger partial charge in [0.2, 0.25) is 5.91 Å². The lowest BCUT2D eigenvalue weighted by Gasteiger charge is -2.57. The van der Waals surface area contributed by atoms with Crippen LogP contribution in [0, 0.1) is 28.6 Å². The van der Waals surface area contributed by atoms with Gasteiger partial charge in [0.15, 0.2) is 0 Å². The van der Waals surface area contributed by atoms with E-state index in [0.29, 0.717) is 17.4 Å². The number of carbonyl (C=O) groups excluding carboxylic acids is 1. The lowest BCUT2D eigenvalue weighted by Crippen LogP contribution is -2.54. The second kappa shape index (κ2) is 10.7. The number of rotatable bonds is 2. The number of nitrogens with zero attached hydrogens (tertiary/aromatic N) is 4. The molecule has 2 saturated carbocycles. The van der Waals surface area contributed by atoms with Crippen molar-refractivity contribution in [2.75, 3.05) is 13.6 Å². The summed E-state index contributed by atoms with van der Waals surface area (Å²) in [5.41, 5.74) is 4.18. The molecule has 6 atom stereocenters. The van der Waals surface area contributed by atoms with E-state index >= 15 is 0 Å². The fourth-order valence-electron chi connectivity index (χ4n) is 7.86. The molecule has 1 aliphatic heterocycles. The average Bonchev–Trinajstić information content (AvgIpc) is 3.38. The maximum absolute atomic E-state index is 12.2. The van der Waals surface area contributed by atoms with Crippen LogP contribution in [-0.4, -0.2) is 47.1 Å². The zero-order chi connectivity index (χ0) is 25.1. The van der Waals surface area contributed by atoms with Crippen molar-refractivity contribution in [2.45, 2.75) is 92.5 Å². The standard InChI is InChI=1S/C25H35N3O.C2H5N.C2H6/c1-5-17-14-26-15-22(27-17)21-8-7-19-18-6-9-23-25(4,12-13-28(23)16(2)29)20(18)10-11-24(19,21)3;1-3-2;1-2/h8,14-15,18-20,23H,5-7,9-13H2,1-4H3;1H2,2H3;1-2H3/t18-,19-,20-,23?,24-,25+;;/m0../s1. The number of fused-ring (bicyclic) bond motifs is 5. The quantitative estimate of drug-likeness (QED) is 0.485. The first kappa shape index (κ1) is 26.6. The van der Waals surface area contributed by atoms with Gasteiger partial charge >= 0.3 is 0 Å². The highest BCUT2D eigenvalue weighted by atomic mass is 16.2. The van der Waals surface area contributed by atoms with Gasteiger partial charge in [-0.05, 0) is 85.8 Å². The molecule has 1 unspecified atom stereocenters. The van der Waals surface area contributed by atoms with E-state index in [0.717, 1.165) is 36.2 Å². The summed E-state index contributed by atoms with van der Waals surface area (Å²) in [4.78, 5) is 27.1. The number of aliphatic imine (C=N–C) groups is 1. The Morgan fingerprint density at radius 2 is 1.88 bits per heavy atom. The Labute approximate surface area is 207 Å². The molecule has 5 heteroatoms. The topological polar surface area (TPSA) is 58.5 Å². The number of hydrogen-bond acceptors (Lipinski definition) is 4. The normalized spacial score (nSPS) is 35.4. The van der Waals surface area contributed by atoms with Crippen molar-refractivity contribution in [1.82, 2.24) is 14.9 Å². The molecule has 5 nitrogen and oxygen atoms in total. The van der Waals surface area contributed by atoms with E-state index in [1.165, 1.54) is 44.1 Å². The Balaban J connectivity index is 0.000000603. The zero-order valence-corrected chi connectivity index (χ0v) is 22.6. The first-order chi connectivity index (χ1) is 16.3. The molecule has 0 spiro atoms. The summed E-state index contributed by atoms with van der Waals surface area (Å²) in [5.74, 6) is 2.52. The lowest BCUT2D eigenvalue weighted by atomic mass is 9.48. The summed E-state index contributed by atoms with van der Waals surface area (Å²) in [6.07, 6.45) is 14.7. The summed E-state index contributed by atoms with van der Waals surface area (Å²) in [6.45, 7) is 17.0. The van der Waals surface area contributed by atoms with Crippen molar-refractivity contribution < 1.29 is 4.79 Å². The van der Waals surface area contributed by atoms with Crippen molar-refractivity contribution in [1.29, 1.82) is 0 Å². The van der Waals surface area contributed by atoms with Crippen molar-refractivity contribution >= 4 is 18.2 Å². The maximum atomic E-state index is 12.2. The highest BCUT2D eigenvalue weighted by Crippen LogP contribution is 2.66. The third-order valence-corrected chi connectivity index (χ3v) is 9.39. The summed E-state index contributed by atoms with van der Waals surface area (Å²) in [6, 6.07) is 0.464. The first-order valence-electron chi connectivity index (χ1n) is 13.4. The van der Waals surface area contributed by atoms with Crippen molar-refractivity contribution in [2.24, 2.45) is 33.6 Å². The third kappa shape index (κ3) is 4.35. The van der Waals surface area contributed by atoms with E-state index in [-0.39, 0.29) is 11.3 Å². The molecule has 34 heavy (non-hydrogen) atoms. The second-order valence-electron chi connectivity index (χ2n) is 10.8. The van der Waals surface area contributed by atoms with E-state index in [9.17, 15) is 4.79 Å². The SMILES string of the molecule is C=NC.CC.CCc1cncc(C2=CC[C@H]3[C@@H]4CCC5N(C(C)=O)CC[C@]5(C)[C@H]4CC[C@]23C)n1. The Morgan fingerprint density at radius 3 is 2.53 bits per heavy atom. The zero-order valence-electron chi connectivity index (χ0n) is 22.6. The number of aryl methyl sites for hydroxylation is 1. The van der Waals surface area contributed by atoms with Gasteiger partial charge in [-0.25, -0.2) is 4.98 Å². The minimum Gasteiger partial charge on any atom is -0.339 e. The third-order valence-electron chi connectivity index (χ3n) is 9.39. The molecular weight excluding hydrogens is 420 g/mol. The van der Waals surface area contributed by atoms with Crippen LogP contribution in [0.5, 0.6) is 0 Å². The van der Waals surface area contributed by atoms with Gasteiger partial charge in [-0.2, -0.15) is 0 Å². The molecule has 2 heterocycles. The van der Waals surface area contributed by atoms with Gasteiger partial charge in [-0.1, -0.05) is 40.7 Å². The number of carbonyl (C=O) groups is 1. The monoisotopic (exact) mass is 466 g/mol. The van der Waals surface area contributed by atoms with Crippen LogP contribution in [0.1, 0.15) is 91.5 Å². The van der Waals surface area contributed by atoms with Crippen LogP contribution in [0.15, 0.2) is 23.5 Å². The maximum Gasteiger partial charge on any atom is 0.219 e. The summed E-state index contributed by atoms with van der Waals surface area (Å²) in [5, 5.41) is 0. The molecule has 1 aromatic heterocycles. The number of aromatic nitrogens is 2. The van der Waals surface area contributed by atoms with Crippen LogP contribution < -0.4 is 0 Å². The lowest BCUT2D eigenvalue weighted by molar-refractivity contribution is -0.134. The molecule has 0 aromatic carbocycles. The molecule has 1 aromatic rings. The van der Waals surface area contributed by atoms with Gasteiger partial charge in [0, 0.05) is 32.8 Å². The fourth-order valence-corrected chi connectivity index (χ4v) is 7.86. The minimum atomic E-state index is 0.226. The molecule has 5 rings (SSSR count). The van der Waals surface area contributed by atoms with Crippen LogP contribution in [0.2, 0.25) is 0 Å². The molecule has 3 fully saturated rings. The van der Waals surface area contributed by atoms with E-state index in [2.05, 4.69) is 48.4 Å². The highest BCUT2D eigenvalue weighted by Gasteiger charge is 2.60. The molecule has 1 saturated heterocycles. The van der Waals surface area contributed by atoms with Crippen LogP contribution in [0.25, 0.3) is 5.57 Å². The number of hydrogen-bond donors (Lipinski definition) is 0. The van der Waals surface area contributed by atoms with Gasteiger partial charge < -0.3 is 9.89 Å². The van der Waals surface area contributed by atoms with Gasteiger partial charge in [-0.15, -0.1) is 0 Å². The van der Waals surface area contributed by atoms with Crippen molar-refractivity contribution in [3.05, 3.63) is 29.9 Å². The first-order valence-corrected chi connectivity index (χ1v) is 13.4. The molecule has 4 aliphatic rings. The van der Waals surface area contributed by atoms with E-state index in [1.54, 1.807) is 14.0 Å². The molecule has 188 valence electrons. The summed E-state index contributed by atoms with van der Waals surface area (Å²) in [7, 11) is 1.64. The van der Waals surface area contributed by atoms with Crippen LogP contribution in [0.3, 0.4) is 0 Å². The van der Waals surface area contributed by atoms with E-state index in [4.69, 9.17) is 4.98 Å². The van der Waals surface area contributed by atoms with Gasteiger partial charge in [-0.3, -0.25) is 9.78 Å². The largest absolute Gasteiger partial charge is 0.339 e. The molecule has 0 bridgehead atoms. The predicted molar refractivity (Wildman–Crippen MR) is 142 cm³/mol. The fraction of sp³-hybridized carbons (Fsp3) is 0.724. The van der Waals surface area contributed by atoms with E-state index in [1.807, 2.05) is 26.2 Å². The predicted octanol–water partition coefficient (Wildman–Crippen LogP) is 6.24.